The average Bonchev–Trinajstić information content (AvgIpc) is 2.48. The van der Waals surface area contributed by atoms with Crippen LogP contribution in [0.2, 0.25) is 0 Å². The molecule has 0 amide bonds. The molecule has 2 N–H and O–H groups in total. The molecule has 0 spiro atoms. The Morgan fingerprint density at radius 1 is 1.71 bits per heavy atom. The standard InChI is InChI=1S/C9H15N3O2/c1-12-8(7(10)6-11-12)4-3-5-9(13)14-2/h6H,3-5,10H2,1-2H3. The Morgan fingerprint density at radius 3 is 2.93 bits per heavy atom. The molecule has 0 atom stereocenters. The van der Waals surface area contributed by atoms with Crippen LogP contribution >= 0.6 is 0 Å². The third kappa shape index (κ3) is 2.48. The number of hydrogen-bond acceptors (Lipinski definition) is 4. The monoisotopic (exact) mass is 197 g/mol. The van der Waals surface area contributed by atoms with Gasteiger partial charge in [-0.05, 0) is 12.8 Å². The summed E-state index contributed by atoms with van der Waals surface area (Å²) in [6.07, 6.45) is 3.52. The van der Waals surface area contributed by atoms with Gasteiger partial charge in [0.1, 0.15) is 0 Å². The van der Waals surface area contributed by atoms with Crippen molar-refractivity contribution in [2.45, 2.75) is 19.3 Å². The predicted molar refractivity (Wildman–Crippen MR) is 52.6 cm³/mol. The Labute approximate surface area is 82.8 Å². The number of anilines is 1. The summed E-state index contributed by atoms with van der Waals surface area (Å²) >= 11 is 0. The van der Waals surface area contributed by atoms with Gasteiger partial charge in [-0.1, -0.05) is 0 Å². The van der Waals surface area contributed by atoms with E-state index in [0.717, 1.165) is 18.5 Å². The fourth-order valence-electron chi connectivity index (χ4n) is 1.29. The highest BCUT2D eigenvalue weighted by Gasteiger charge is 2.06. The minimum Gasteiger partial charge on any atom is -0.469 e. The Kier molecular flexibility index (Phi) is 3.50. The van der Waals surface area contributed by atoms with Crippen molar-refractivity contribution in [1.29, 1.82) is 0 Å². The van der Waals surface area contributed by atoms with E-state index in [1.807, 2.05) is 7.05 Å². The van der Waals surface area contributed by atoms with Gasteiger partial charge in [0.15, 0.2) is 0 Å². The van der Waals surface area contributed by atoms with Gasteiger partial charge < -0.3 is 10.5 Å². The number of esters is 1. The zero-order valence-electron chi connectivity index (χ0n) is 8.49. The zero-order valence-corrected chi connectivity index (χ0v) is 8.49. The summed E-state index contributed by atoms with van der Waals surface area (Å²) in [5.74, 6) is -0.189. The predicted octanol–water partition coefficient (Wildman–Crippen LogP) is 0.498. The molecule has 0 saturated heterocycles. The minimum absolute atomic E-state index is 0.189. The molecule has 5 heteroatoms. The molecule has 0 saturated carbocycles. The molecule has 1 rings (SSSR count). The summed E-state index contributed by atoms with van der Waals surface area (Å²) in [5, 5.41) is 4.01. The number of carbonyl (C=O) groups excluding carboxylic acids is 1. The number of nitrogens with zero attached hydrogens (tertiary/aromatic N) is 2. The van der Waals surface area contributed by atoms with E-state index in [4.69, 9.17) is 5.73 Å². The maximum atomic E-state index is 10.8. The second-order valence-electron chi connectivity index (χ2n) is 3.10. The van der Waals surface area contributed by atoms with Crippen molar-refractivity contribution in [2.24, 2.45) is 7.05 Å². The largest absolute Gasteiger partial charge is 0.469 e. The number of rotatable bonds is 4. The van der Waals surface area contributed by atoms with Gasteiger partial charge in [-0.2, -0.15) is 5.10 Å². The molecule has 0 aromatic carbocycles. The first-order valence-electron chi connectivity index (χ1n) is 4.48. The maximum absolute atomic E-state index is 10.8. The van der Waals surface area contributed by atoms with Crippen LogP contribution in [-0.4, -0.2) is 22.9 Å². The molecule has 1 aromatic heterocycles. The van der Waals surface area contributed by atoms with Crippen LogP contribution in [0.3, 0.4) is 0 Å². The van der Waals surface area contributed by atoms with Crippen molar-refractivity contribution >= 4 is 11.7 Å². The van der Waals surface area contributed by atoms with Crippen molar-refractivity contribution < 1.29 is 9.53 Å². The number of nitrogens with two attached hydrogens (primary N) is 1. The fraction of sp³-hybridized carbons (Fsp3) is 0.556. The Bertz CT molecular complexity index is 300. The van der Waals surface area contributed by atoms with Gasteiger partial charge in [0.2, 0.25) is 0 Å². The molecular weight excluding hydrogens is 182 g/mol. The lowest BCUT2D eigenvalue weighted by molar-refractivity contribution is -0.140. The SMILES string of the molecule is COC(=O)CCCc1c(N)cnn1C. The van der Waals surface area contributed by atoms with Gasteiger partial charge in [-0.15, -0.1) is 0 Å². The normalized spacial score (nSPS) is 10.1. The van der Waals surface area contributed by atoms with Crippen LogP contribution < -0.4 is 5.73 Å². The first-order valence-corrected chi connectivity index (χ1v) is 4.48. The van der Waals surface area contributed by atoms with Crippen LogP contribution in [0.5, 0.6) is 0 Å². The van der Waals surface area contributed by atoms with E-state index >= 15 is 0 Å². The van der Waals surface area contributed by atoms with E-state index in [-0.39, 0.29) is 5.97 Å². The highest BCUT2D eigenvalue weighted by molar-refractivity contribution is 5.69. The van der Waals surface area contributed by atoms with Crippen LogP contribution in [0.15, 0.2) is 6.20 Å². The Hall–Kier alpha value is -1.52. The molecule has 0 aliphatic heterocycles. The van der Waals surface area contributed by atoms with Gasteiger partial charge in [0, 0.05) is 13.5 Å². The average molecular weight is 197 g/mol. The fourth-order valence-corrected chi connectivity index (χ4v) is 1.29. The number of hydrogen-bond donors (Lipinski definition) is 1. The van der Waals surface area contributed by atoms with E-state index in [1.54, 1.807) is 10.9 Å². The van der Waals surface area contributed by atoms with Crippen molar-refractivity contribution in [1.82, 2.24) is 9.78 Å². The third-order valence-electron chi connectivity index (χ3n) is 2.12. The molecule has 78 valence electrons. The maximum Gasteiger partial charge on any atom is 0.305 e. The number of aromatic nitrogens is 2. The highest BCUT2D eigenvalue weighted by atomic mass is 16.5. The van der Waals surface area contributed by atoms with Gasteiger partial charge in [-0.25, -0.2) is 0 Å². The Morgan fingerprint density at radius 2 is 2.43 bits per heavy atom. The molecule has 1 heterocycles. The molecule has 0 bridgehead atoms. The number of ether oxygens (including phenoxy) is 1. The van der Waals surface area contributed by atoms with Gasteiger partial charge >= 0.3 is 5.97 Å². The Balaban J connectivity index is 2.42. The minimum atomic E-state index is -0.189. The van der Waals surface area contributed by atoms with E-state index in [1.165, 1.54) is 7.11 Å². The lowest BCUT2D eigenvalue weighted by Gasteiger charge is -2.02. The van der Waals surface area contributed by atoms with Crippen molar-refractivity contribution in [3.05, 3.63) is 11.9 Å². The number of carbonyl (C=O) groups is 1. The van der Waals surface area contributed by atoms with Crippen LogP contribution in [-0.2, 0) is 23.0 Å². The quantitative estimate of drug-likeness (QED) is 0.713. The number of methoxy groups -OCH3 is 1. The van der Waals surface area contributed by atoms with E-state index < -0.39 is 0 Å². The van der Waals surface area contributed by atoms with Gasteiger partial charge in [0.05, 0.1) is 24.7 Å². The summed E-state index contributed by atoms with van der Waals surface area (Å²) in [6.45, 7) is 0. The molecule has 14 heavy (non-hydrogen) atoms. The second kappa shape index (κ2) is 4.64. The molecular formula is C9H15N3O2. The van der Waals surface area contributed by atoms with Crippen LogP contribution in [0.1, 0.15) is 18.5 Å². The third-order valence-corrected chi connectivity index (χ3v) is 2.12. The van der Waals surface area contributed by atoms with Crippen molar-refractivity contribution in [3.8, 4) is 0 Å². The first kappa shape index (κ1) is 10.6. The summed E-state index contributed by atoms with van der Waals surface area (Å²) in [6, 6.07) is 0. The number of nitrogen functional groups attached to an aromatic ring is 1. The van der Waals surface area contributed by atoms with Crippen molar-refractivity contribution in [3.63, 3.8) is 0 Å². The smallest absolute Gasteiger partial charge is 0.305 e. The summed E-state index contributed by atoms with van der Waals surface area (Å²) < 4.78 is 6.27. The number of aryl methyl sites for hydroxylation is 1. The highest BCUT2D eigenvalue weighted by Crippen LogP contribution is 2.12. The lowest BCUT2D eigenvalue weighted by atomic mass is 10.2. The molecule has 1 aromatic rings. The van der Waals surface area contributed by atoms with Gasteiger partial charge in [0.25, 0.3) is 0 Å². The molecule has 0 fully saturated rings. The van der Waals surface area contributed by atoms with E-state index in [9.17, 15) is 4.79 Å². The zero-order chi connectivity index (χ0) is 10.6. The van der Waals surface area contributed by atoms with E-state index in [0.29, 0.717) is 12.1 Å². The molecule has 0 radical (unpaired) electrons. The van der Waals surface area contributed by atoms with Crippen LogP contribution in [0.4, 0.5) is 5.69 Å². The second-order valence-corrected chi connectivity index (χ2v) is 3.10. The lowest BCUT2D eigenvalue weighted by Crippen LogP contribution is -2.04. The van der Waals surface area contributed by atoms with Crippen LogP contribution in [0.25, 0.3) is 0 Å². The molecule has 0 aliphatic carbocycles. The molecule has 0 aliphatic rings. The summed E-state index contributed by atoms with van der Waals surface area (Å²) in [7, 11) is 3.23. The summed E-state index contributed by atoms with van der Waals surface area (Å²) in [5.41, 5.74) is 7.34. The van der Waals surface area contributed by atoms with E-state index in [2.05, 4.69) is 9.84 Å². The molecule has 5 nitrogen and oxygen atoms in total. The van der Waals surface area contributed by atoms with Gasteiger partial charge in [-0.3, -0.25) is 9.48 Å². The first-order chi connectivity index (χ1) is 6.65. The molecule has 0 unspecified atom stereocenters. The summed E-state index contributed by atoms with van der Waals surface area (Å²) in [4.78, 5) is 10.8. The topological polar surface area (TPSA) is 70.1 Å². The van der Waals surface area contributed by atoms with Crippen molar-refractivity contribution in [2.75, 3.05) is 12.8 Å². The van der Waals surface area contributed by atoms with Crippen LogP contribution in [0, 0.1) is 0 Å².